The predicted molar refractivity (Wildman–Crippen MR) is 117 cm³/mol. The van der Waals surface area contributed by atoms with Crippen LogP contribution in [0.4, 0.5) is 5.69 Å². The number of ether oxygens (including phenoxy) is 1. The van der Waals surface area contributed by atoms with Gasteiger partial charge in [-0.15, -0.1) is 0 Å². The van der Waals surface area contributed by atoms with E-state index in [1.807, 2.05) is 67.6 Å². The first-order chi connectivity index (χ1) is 14.0. The Hall–Kier alpha value is -3.12. The predicted octanol–water partition coefficient (Wildman–Crippen LogP) is 4.71. The second-order valence-electron chi connectivity index (χ2n) is 6.49. The van der Waals surface area contributed by atoms with Gasteiger partial charge in [0.2, 0.25) is 5.91 Å². The van der Waals surface area contributed by atoms with Crippen molar-refractivity contribution < 1.29 is 14.3 Å². The summed E-state index contributed by atoms with van der Waals surface area (Å²) in [7, 11) is 0. The van der Waals surface area contributed by atoms with Crippen molar-refractivity contribution in [2.75, 3.05) is 11.9 Å². The lowest BCUT2D eigenvalue weighted by Gasteiger charge is -2.10. The van der Waals surface area contributed by atoms with E-state index in [2.05, 4.69) is 26.6 Å². The minimum atomic E-state index is -0.303. The second kappa shape index (κ2) is 9.89. The molecule has 0 spiro atoms. The van der Waals surface area contributed by atoms with Crippen LogP contribution in [0.25, 0.3) is 0 Å². The van der Waals surface area contributed by atoms with E-state index in [9.17, 15) is 9.59 Å². The number of carbonyl (C=O) groups excluding carboxylic acids is 2. The Morgan fingerprint density at radius 1 is 0.966 bits per heavy atom. The average molecular weight is 453 g/mol. The summed E-state index contributed by atoms with van der Waals surface area (Å²) in [5.74, 6) is 0.209. The number of hydrogen-bond donors (Lipinski definition) is 2. The maximum atomic E-state index is 12.3. The third kappa shape index (κ3) is 6.19. The number of nitrogens with one attached hydrogen (secondary N) is 2. The van der Waals surface area contributed by atoms with Crippen LogP contribution in [0.5, 0.6) is 5.75 Å². The van der Waals surface area contributed by atoms with Gasteiger partial charge in [0.1, 0.15) is 12.4 Å². The van der Waals surface area contributed by atoms with Crippen LogP contribution < -0.4 is 15.4 Å². The summed E-state index contributed by atoms with van der Waals surface area (Å²) in [5, 5.41) is 5.43. The molecule has 0 aliphatic rings. The number of anilines is 1. The van der Waals surface area contributed by atoms with Crippen molar-refractivity contribution in [2.24, 2.45) is 0 Å². The van der Waals surface area contributed by atoms with Crippen molar-refractivity contribution in [3.8, 4) is 5.75 Å². The summed E-state index contributed by atoms with van der Waals surface area (Å²) in [6.45, 7) is 2.22. The van der Waals surface area contributed by atoms with E-state index in [-0.39, 0.29) is 18.4 Å². The molecule has 0 saturated heterocycles. The maximum Gasteiger partial charge on any atom is 0.251 e. The Bertz CT molecular complexity index is 989. The lowest BCUT2D eigenvalue weighted by Crippen LogP contribution is -2.33. The van der Waals surface area contributed by atoms with Crippen LogP contribution >= 0.6 is 15.9 Å². The summed E-state index contributed by atoms with van der Waals surface area (Å²) >= 11 is 3.39. The molecular weight excluding hydrogens is 432 g/mol. The van der Waals surface area contributed by atoms with Crippen molar-refractivity contribution in [3.63, 3.8) is 0 Å². The lowest BCUT2D eigenvalue weighted by atomic mass is 10.1. The van der Waals surface area contributed by atoms with Gasteiger partial charge in [0.25, 0.3) is 5.91 Å². The van der Waals surface area contributed by atoms with E-state index in [1.54, 1.807) is 12.1 Å². The first-order valence-electron chi connectivity index (χ1n) is 9.12. The highest BCUT2D eigenvalue weighted by molar-refractivity contribution is 9.10. The number of hydrogen-bond acceptors (Lipinski definition) is 3. The molecule has 3 aromatic carbocycles. The number of rotatable bonds is 7. The third-order valence-corrected chi connectivity index (χ3v) is 4.73. The standard InChI is InChI=1S/C23H21BrN2O3/c1-16-13-19(24)11-12-21(16)26-22(27)14-25-23(28)18-9-7-17(8-10-18)15-29-20-5-3-2-4-6-20/h2-13H,14-15H2,1H3,(H,25,28)(H,26,27). The zero-order valence-corrected chi connectivity index (χ0v) is 17.5. The van der Waals surface area contributed by atoms with E-state index in [0.717, 1.165) is 27.0 Å². The minimum Gasteiger partial charge on any atom is -0.489 e. The SMILES string of the molecule is Cc1cc(Br)ccc1NC(=O)CNC(=O)c1ccc(COc2ccccc2)cc1. The molecule has 3 aromatic rings. The maximum absolute atomic E-state index is 12.3. The summed E-state index contributed by atoms with van der Waals surface area (Å²) in [6, 6.07) is 22.2. The zero-order chi connectivity index (χ0) is 20.6. The van der Waals surface area contributed by atoms with Gasteiger partial charge in [-0.25, -0.2) is 0 Å². The van der Waals surface area contributed by atoms with E-state index in [1.165, 1.54) is 0 Å². The number of carbonyl (C=O) groups is 2. The molecule has 6 heteroatoms. The smallest absolute Gasteiger partial charge is 0.251 e. The van der Waals surface area contributed by atoms with E-state index < -0.39 is 0 Å². The Labute approximate surface area is 178 Å². The average Bonchev–Trinajstić information content (AvgIpc) is 2.73. The van der Waals surface area contributed by atoms with Crippen molar-refractivity contribution in [2.45, 2.75) is 13.5 Å². The molecule has 0 fully saturated rings. The fourth-order valence-electron chi connectivity index (χ4n) is 2.66. The van der Waals surface area contributed by atoms with Crippen LogP contribution in [0, 0.1) is 6.92 Å². The zero-order valence-electron chi connectivity index (χ0n) is 15.9. The molecule has 0 heterocycles. The fourth-order valence-corrected chi connectivity index (χ4v) is 3.14. The van der Waals surface area contributed by atoms with Crippen LogP contribution in [0.15, 0.2) is 77.3 Å². The van der Waals surface area contributed by atoms with Gasteiger partial charge in [-0.2, -0.15) is 0 Å². The van der Waals surface area contributed by atoms with E-state index >= 15 is 0 Å². The first kappa shape index (κ1) is 20.6. The second-order valence-corrected chi connectivity index (χ2v) is 7.40. The minimum absolute atomic E-state index is 0.104. The van der Waals surface area contributed by atoms with Gasteiger partial charge in [-0.1, -0.05) is 46.3 Å². The molecule has 0 unspecified atom stereocenters. The quantitative estimate of drug-likeness (QED) is 0.545. The molecule has 0 saturated carbocycles. The molecule has 148 valence electrons. The van der Waals surface area contributed by atoms with Crippen LogP contribution in [-0.2, 0) is 11.4 Å². The van der Waals surface area contributed by atoms with Crippen molar-refractivity contribution in [3.05, 3.63) is 94.0 Å². The Morgan fingerprint density at radius 3 is 2.38 bits per heavy atom. The highest BCUT2D eigenvalue weighted by Gasteiger charge is 2.09. The van der Waals surface area contributed by atoms with Crippen molar-refractivity contribution in [1.29, 1.82) is 0 Å². The number of para-hydroxylation sites is 1. The largest absolute Gasteiger partial charge is 0.489 e. The van der Waals surface area contributed by atoms with Gasteiger partial charge < -0.3 is 15.4 Å². The number of benzene rings is 3. The van der Waals surface area contributed by atoms with Gasteiger partial charge in [0, 0.05) is 15.7 Å². The molecule has 0 aromatic heterocycles. The van der Waals surface area contributed by atoms with Crippen molar-refractivity contribution in [1.82, 2.24) is 5.32 Å². The summed E-state index contributed by atoms with van der Waals surface area (Å²) in [4.78, 5) is 24.4. The van der Waals surface area contributed by atoms with Gasteiger partial charge >= 0.3 is 0 Å². The molecule has 29 heavy (non-hydrogen) atoms. The molecule has 5 nitrogen and oxygen atoms in total. The molecule has 0 aliphatic carbocycles. The van der Waals surface area contributed by atoms with Gasteiger partial charge in [-0.05, 0) is 60.5 Å². The number of aryl methyl sites for hydroxylation is 1. The Morgan fingerprint density at radius 2 is 1.69 bits per heavy atom. The first-order valence-corrected chi connectivity index (χ1v) is 9.91. The van der Waals surface area contributed by atoms with Crippen LogP contribution in [-0.4, -0.2) is 18.4 Å². The molecule has 0 atom stereocenters. The normalized spacial score (nSPS) is 10.3. The summed E-state index contributed by atoms with van der Waals surface area (Å²) in [5.41, 5.74) is 3.09. The molecule has 2 N–H and O–H groups in total. The molecular formula is C23H21BrN2O3. The summed E-state index contributed by atoms with van der Waals surface area (Å²) < 4.78 is 6.63. The lowest BCUT2D eigenvalue weighted by molar-refractivity contribution is -0.115. The fraction of sp³-hybridized carbons (Fsp3) is 0.130. The highest BCUT2D eigenvalue weighted by atomic mass is 79.9. The molecule has 2 amide bonds. The van der Waals surface area contributed by atoms with Crippen LogP contribution in [0.2, 0.25) is 0 Å². The molecule has 0 bridgehead atoms. The van der Waals surface area contributed by atoms with Gasteiger partial charge in [0.15, 0.2) is 0 Å². The van der Waals surface area contributed by atoms with Crippen LogP contribution in [0.3, 0.4) is 0 Å². The van der Waals surface area contributed by atoms with E-state index in [4.69, 9.17) is 4.74 Å². The molecule has 0 aliphatic heterocycles. The number of halogens is 1. The van der Waals surface area contributed by atoms with E-state index in [0.29, 0.717) is 12.2 Å². The van der Waals surface area contributed by atoms with Gasteiger partial charge in [0.05, 0.1) is 6.54 Å². The monoisotopic (exact) mass is 452 g/mol. The van der Waals surface area contributed by atoms with Gasteiger partial charge in [-0.3, -0.25) is 9.59 Å². The number of amides is 2. The van der Waals surface area contributed by atoms with Crippen molar-refractivity contribution >= 4 is 33.4 Å². The summed E-state index contributed by atoms with van der Waals surface area (Å²) in [6.07, 6.45) is 0. The highest BCUT2D eigenvalue weighted by Crippen LogP contribution is 2.19. The van der Waals surface area contributed by atoms with Crippen LogP contribution in [0.1, 0.15) is 21.5 Å². The molecule has 3 rings (SSSR count). The Kier molecular flexibility index (Phi) is 7.03. The Balaban J connectivity index is 1.48. The third-order valence-electron chi connectivity index (χ3n) is 4.24. The topological polar surface area (TPSA) is 67.4 Å². The molecule has 0 radical (unpaired) electrons.